The predicted octanol–water partition coefficient (Wildman–Crippen LogP) is 3.28. The number of phenols is 1. The minimum atomic E-state index is -4.02. The molecule has 0 bridgehead atoms. The number of rotatable bonds is 6. The van der Waals surface area contributed by atoms with Gasteiger partial charge in [0.05, 0.1) is 15.5 Å². The van der Waals surface area contributed by atoms with Crippen molar-refractivity contribution >= 4 is 20.0 Å². The summed E-state index contributed by atoms with van der Waals surface area (Å²) in [6.45, 7) is 4.89. The number of hydrogen-bond acceptors (Lipinski definition) is 6. The monoisotopic (exact) mass is 455 g/mol. The molecule has 1 aliphatic rings. The molecule has 0 aliphatic carbocycles. The summed E-state index contributed by atoms with van der Waals surface area (Å²) >= 11 is 0. The summed E-state index contributed by atoms with van der Waals surface area (Å²) in [6.07, 6.45) is 4.42. The van der Waals surface area contributed by atoms with Crippen molar-refractivity contribution in [2.24, 2.45) is 0 Å². The molecule has 1 fully saturated rings. The van der Waals surface area contributed by atoms with E-state index in [-0.39, 0.29) is 16.4 Å². The maximum atomic E-state index is 12.1. The van der Waals surface area contributed by atoms with Crippen molar-refractivity contribution in [3.63, 3.8) is 0 Å². The van der Waals surface area contributed by atoms with Gasteiger partial charge in [-0.1, -0.05) is 24.1 Å². The fourth-order valence-electron chi connectivity index (χ4n) is 3.14. The van der Waals surface area contributed by atoms with E-state index in [2.05, 4.69) is 4.90 Å². The Balaban J connectivity index is 0.000000248. The Hall–Kier alpha value is -1.94. The number of phenolic OH excluding ortho intramolecular Hbond substituents is 1. The maximum Gasteiger partial charge on any atom is 0.294 e. The summed E-state index contributed by atoms with van der Waals surface area (Å²) in [5.41, 5.74) is 0.956. The van der Waals surface area contributed by atoms with Crippen molar-refractivity contribution in [1.82, 2.24) is 4.90 Å². The number of aromatic hydroxyl groups is 1. The molecule has 0 radical (unpaired) electrons. The van der Waals surface area contributed by atoms with Crippen LogP contribution in [0.2, 0.25) is 0 Å². The van der Waals surface area contributed by atoms with Crippen LogP contribution in [-0.4, -0.2) is 56.8 Å². The minimum absolute atomic E-state index is 0.0666. The number of piperidine rings is 1. The van der Waals surface area contributed by atoms with E-state index in [1.165, 1.54) is 55.7 Å². The van der Waals surface area contributed by atoms with E-state index in [1.807, 2.05) is 6.92 Å². The average molecular weight is 456 g/mol. The van der Waals surface area contributed by atoms with Crippen molar-refractivity contribution in [3.8, 4) is 5.75 Å². The van der Waals surface area contributed by atoms with Gasteiger partial charge < -0.3 is 10.0 Å². The quantitative estimate of drug-likeness (QED) is 0.643. The Morgan fingerprint density at radius 1 is 0.833 bits per heavy atom. The van der Waals surface area contributed by atoms with Crippen molar-refractivity contribution in [2.75, 3.05) is 25.4 Å². The lowest BCUT2D eigenvalue weighted by molar-refractivity contribution is 0.229. The molecular formula is C21H29NO6S2. The Morgan fingerprint density at radius 3 is 1.90 bits per heavy atom. The molecule has 0 unspecified atom stereocenters. The van der Waals surface area contributed by atoms with Crippen molar-refractivity contribution in [3.05, 3.63) is 54.1 Å². The van der Waals surface area contributed by atoms with Crippen LogP contribution in [-0.2, 0) is 20.0 Å². The van der Waals surface area contributed by atoms with Crippen LogP contribution < -0.4 is 0 Å². The van der Waals surface area contributed by atoms with Crippen molar-refractivity contribution in [1.29, 1.82) is 0 Å². The summed E-state index contributed by atoms with van der Waals surface area (Å²) < 4.78 is 53.7. The molecule has 1 aliphatic heterocycles. The maximum absolute atomic E-state index is 12.1. The van der Waals surface area contributed by atoms with Crippen molar-refractivity contribution in [2.45, 2.75) is 42.4 Å². The minimum Gasteiger partial charge on any atom is -0.508 e. The fourth-order valence-corrected chi connectivity index (χ4v) is 4.92. The van der Waals surface area contributed by atoms with E-state index in [9.17, 15) is 16.8 Å². The highest BCUT2D eigenvalue weighted by Gasteiger charge is 2.16. The van der Waals surface area contributed by atoms with Crippen LogP contribution >= 0.6 is 0 Å². The Morgan fingerprint density at radius 2 is 1.37 bits per heavy atom. The number of likely N-dealkylation sites (tertiary alicyclic amines) is 1. The number of aryl methyl sites for hydroxylation is 1. The molecule has 0 spiro atoms. The third-order valence-electron chi connectivity index (χ3n) is 4.85. The van der Waals surface area contributed by atoms with Crippen LogP contribution in [0.1, 0.15) is 31.2 Å². The van der Waals surface area contributed by atoms with Gasteiger partial charge in [-0.15, -0.1) is 0 Å². The molecule has 2 aromatic rings. The molecular weight excluding hydrogens is 426 g/mol. The first-order valence-corrected chi connectivity index (χ1v) is 13.0. The van der Waals surface area contributed by atoms with Crippen LogP contribution in [0.4, 0.5) is 0 Å². The van der Waals surface area contributed by atoms with E-state index in [4.69, 9.17) is 9.66 Å². The summed E-state index contributed by atoms with van der Waals surface area (Å²) in [4.78, 5) is 2.57. The first-order valence-electron chi connectivity index (χ1n) is 9.86. The second kappa shape index (κ2) is 10.9. The summed E-state index contributed by atoms with van der Waals surface area (Å²) in [5, 5.41) is 9.17. The lowest BCUT2D eigenvalue weighted by Gasteiger charge is -2.26. The Bertz CT molecular complexity index is 994. The van der Waals surface area contributed by atoms with E-state index in [0.29, 0.717) is 11.3 Å². The molecule has 1 saturated heterocycles. The van der Waals surface area contributed by atoms with Gasteiger partial charge in [0, 0.05) is 0 Å². The Labute approximate surface area is 179 Å². The predicted molar refractivity (Wildman–Crippen MR) is 116 cm³/mol. The molecule has 0 atom stereocenters. The second-order valence-electron chi connectivity index (χ2n) is 7.36. The zero-order valence-corrected chi connectivity index (χ0v) is 18.7. The molecule has 2 N–H and O–H groups in total. The van der Waals surface area contributed by atoms with Gasteiger partial charge in [0.15, 0.2) is 9.84 Å². The molecule has 3 rings (SSSR count). The highest BCUT2D eigenvalue weighted by Crippen LogP contribution is 2.17. The van der Waals surface area contributed by atoms with Gasteiger partial charge >= 0.3 is 0 Å². The first kappa shape index (κ1) is 24.3. The van der Waals surface area contributed by atoms with E-state index in [1.54, 1.807) is 12.1 Å². The molecule has 30 heavy (non-hydrogen) atoms. The van der Waals surface area contributed by atoms with E-state index >= 15 is 0 Å². The molecule has 166 valence electrons. The smallest absolute Gasteiger partial charge is 0.294 e. The molecule has 0 amide bonds. The zero-order chi connectivity index (χ0) is 22.2. The van der Waals surface area contributed by atoms with Crippen molar-refractivity contribution < 1.29 is 26.5 Å². The van der Waals surface area contributed by atoms with Crippen LogP contribution in [0.25, 0.3) is 0 Å². The SMILES string of the molecule is Cc1ccc(S(=O)(=O)O)cc1.O=S(=O)(CCCN1CCCCC1)c1ccc(O)cc1. The van der Waals surface area contributed by atoms with Gasteiger partial charge in [-0.05, 0) is 82.2 Å². The summed E-state index contributed by atoms with van der Waals surface area (Å²) in [5.74, 6) is 0.265. The highest BCUT2D eigenvalue weighted by atomic mass is 32.2. The van der Waals surface area contributed by atoms with Gasteiger partial charge in [0.2, 0.25) is 0 Å². The normalized spacial score (nSPS) is 15.3. The highest BCUT2D eigenvalue weighted by molar-refractivity contribution is 7.91. The molecule has 0 saturated carbocycles. The number of sulfone groups is 1. The molecule has 9 heteroatoms. The second-order valence-corrected chi connectivity index (χ2v) is 10.9. The van der Waals surface area contributed by atoms with Crippen LogP contribution in [0.5, 0.6) is 5.75 Å². The summed E-state index contributed by atoms with van der Waals surface area (Å²) in [7, 11) is -7.24. The van der Waals surface area contributed by atoms with Crippen LogP contribution in [0.3, 0.4) is 0 Å². The van der Waals surface area contributed by atoms with Crippen LogP contribution in [0.15, 0.2) is 58.3 Å². The fraction of sp³-hybridized carbons (Fsp3) is 0.429. The van der Waals surface area contributed by atoms with Gasteiger partial charge in [0.1, 0.15) is 5.75 Å². The molecule has 2 aromatic carbocycles. The van der Waals surface area contributed by atoms with E-state index in [0.717, 1.165) is 25.2 Å². The topological polar surface area (TPSA) is 112 Å². The van der Waals surface area contributed by atoms with Gasteiger partial charge in [-0.2, -0.15) is 8.42 Å². The Kier molecular flexibility index (Phi) is 8.84. The molecule has 1 heterocycles. The van der Waals surface area contributed by atoms with Gasteiger partial charge in [-0.3, -0.25) is 4.55 Å². The third kappa shape index (κ3) is 8.06. The molecule has 0 aromatic heterocycles. The zero-order valence-electron chi connectivity index (χ0n) is 17.1. The van der Waals surface area contributed by atoms with Crippen LogP contribution in [0, 0.1) is 6.92 Å². The molecule has 7 nitrogen and oxygen atoms in total. The van der Waals surface area contributed by atoms with Gasteiger partial charge in [-0.25, -0.2) is 8.42 Å². The van der Waals surface area contributed by atoms with E-state index < -0.39 is 20.0 Å². The largest absolute Gasteiger partial charge is 0.508 e. The number of benzene rings is 2. The first-order chi connectivity index (χ1) is 14.1. The lowest BCUT2D eigenvalue weighted by Crippen LogP contribution is -2.31. The number of hydrogen-bond donors (Lipinski definition) is 2. The lowest BCUT2D eigenvalue weighted by atomic mass is 10.1. The third-order valence-corrected chi connectivity index (χ3v) is 7.54. The summed E-state index contributed by atoms with van der Waals surface area (Å²) in [6, 6.07) is 11.7. The standard InChI is InChI=1S/C14H21NO3S.C7H8O3S/c16-13-5-7-14(8-6-13)19(17,18)12-4-11-15-9-2-1-3-10-15;1-6-2-4-7(5-3-6)11(8,9)10/h5-8,16H,1-4,9-12H2;2-5H,1H3,(H,8,9,10). The number of nitrogens with zero attached hydrogens (tertiary/aromatic N) is 1. The average Bonchev–Trinajstić information content (AvgIpc) is 2.69. The van der Waals surface area contributed by atoms with Gasteiger partial charge in [0.25, 0.3) is 10.1 Å².